The maximum Gasteiger partial charge on any atom is 0.336 e. The van der Waals surface area contributed by atoms with E-state index in [0.717, 1.165) is 30.5 Å². The van der Waals surface area contributed by atoms with E-state index in [1.807, 2.05) is 6.07 Å². The van der Waals surface area contributed by atoms with Crippen LogP contribution < -0.4 is 10.1 Å². The maximum absolute atomic E-state index is 13.9. The molecule has 5 aliphatic rings. The highest BCUT2D eigenvalue weighted by atomic mass is 16.5. The average Bonchev–Trinajstić information content (AvgIpc) is 3.65. The lowest BCUT2D eigenvalue weighted by Crippen LogP contribution is -2.76. The van der Waals surface area contributed by atoms with Crippen molar-refractivity contribution in [3.8, 4) is 11.5 Å². The molecule has 0 radical (unpaired) electrons. The van der Waals surface area contributed by atoms with Gasteiger partial charge in [-0.15, -0.1) is 0 Å². The molecule has 2 fully saturated rings. The Balaban J connectivity index is 1.45. The van der Waals surface area contributed by atoms with E-state index in [4.69, 9.17) is 18.9 Å². The summed E-state index contributed by atoms with van der Waals surface area (Å²) in [4.78, 5) is 29.0. The first-order valence-electron chi connectivity index (χ1n) is 13.4. The van der Waals surface area contributed by atoms with Gasteiger partial charge in [-0.1, -0.05) is 6.07 Å². The number of aliphatic hydroxyl groups excluding tert-OH is 1. The number of carbonyl (C=O) groups is 2. The molecular weight excluding hydrogens is 508 g/mol. The third kappa shape index (κ3) is 3.56. The van der Waals surface area contributed by atoms with Crippen LogP contribution in [0.25, 0.3) is 0 Å². The van der Waals surface area contributed by atoms with E-state index in [-0.39, 0.29) is 48.5 Å². The van der Waals surface area contributed by atoms with Crippen LogP contribution in [-0.2, 0) is 35.6 Å². The fourth-order valence-corrected chi connectivity index (χ4v) is 7.63. The van der Waals surface area contributed by atoms with Crippen molar-refractivity contribution in [2.24, 2.45) is 5.92 Å². The molecule has 1 spiro atoms. The minimum absolute atomic E-state index is 0.0672. The number of phenols is 1. The Morgan fingerprint density at radius 3 is 2.54 bits per heavy atom. The van der Waals surface area contributed by atoms with Gasteiger partial charge in [0.1, 0.15) is 5.76 Å². The molecule has 39 heavy (non-hydrogen) atoms. The normalized spacial score (nSPS) is 31.0. The number of benzene rings is 1. The summed E-state index contributed by atoms with van der Waals surface area (Å²) in [6.07, 6.45) is 2.13. The Kier molecular flexibility index (Phi) is 6.14. The van der Waals surface area contributed by atoms with Crippen molar-refractivity contribution in [1.82, 2.24) is 10.2 Å². The molecule has 1 amide bonds. The number of amides is 1. The second-order valence-electron chi connectivity index (χ2n) is 11.7. The monoisotopic (exact) mass is 544 g/mol. The van der Waals surface area contributed by atoms with Gasteiger partial charge in [-0.25, -0.2) is 4.79 Å². The quantitative estimate of drug-likeness (QED) is 0.328. The van der Waals surface area contributed by atoms with Crippen LogP contribution in [0.5, 0.6) is 11.5 Å². The lowest BCUT2D eigenvalue weighted by Gasteiger charge is -2.62. The number of phenolic OH excluding ortho intramolecular Hbond substituents is 1. The van der Waals surface area contributed by atoms with Crippen LogP contribution in [0.15, 0.2) is 23.5 Å². The largest absolute Gasteiger partial charge is 0.508 e. The maximum atomic E-state index is 13.9. The molecule has 1 saturated carbocycles. The zero-order chi connectivity index (χ0) is 27.7. The van der Waals surface area contributed by atoms with Gasteiger partial charge < -0.3 is 39.6 Å². The molecule has 1 aromatic carbocycles. The summed E-state index contributed by atoms with van der Waals surface area (Å²) >= 11 is 0. The van der Waals surface area contributed by atoms with Crippen molar-refractivity contribution in [3.63, 3.8) is 0 Å². The van der Waals surface area contributed by atoms with E-state index < -0.39 is 34.5 Å². The first-order valence-corrected chi connectivity index (χ1v) is 13.4. The smallest absolute Gasteiger partial charge is 0.336 e. The zero-order valence-corrected chi connectivity index (χ0v) is 22.5. The van der Waals surface area contributed by atoms with Gasteiger partial charge in [-0.05, 0) is 49.8 Å². The fourth-order valence-electron chi connectivity index (χ4n) is 7.63. The number of nitrogens with one attached hydrogen (secondary N) is 1. The standard InChI is InChI=1S/C28H36N2O9/c1-36-13-26(14-37-2,25(34)38-3)29-24(33)17-11-28(35)19-10-16-6-7-18(31)22-20(16)27(28,23(39-22)21(17)32)8-9-30(19)12-15-4-5-15/h6-7,15,19,23,31-32,35H,4-5,8-14H2,1-3H3,(H,29,33)/t19-,23+,27+,28-/m1/s1. The van der Waals surface area contributed by atoms with Gasteiger partial charge in [0.05, 0.1) is 36.9 Å². The van der Waals surface area contributed by atoms with Crippen molar-refractivity contribution in [2.75, 3.05) is 47.6 Å². The second kappa shape index (κ2) is 9.09. The summed E-state index contributed by atoms with van der Waals surface area (Å²) in [5.41, 5.74) is -2.53. The molecule has 11 nitrogen and oxygen atoms in total. The molecule has 2 bridgehead atoms. The van der Waals surface area contributed by atoms with Gasteiger partial charge in [-0.2, -0.15) is 0 Å². The van der Waals surface area contributed by atoms with Crippen molar-refractivity contribution in [1.29, 1.82) is 0 Å². The molecule has 6 rings (SSSR count). The van der Waals surface area contributed by atoms with Crippen LogP contribution in [-0.4, -0.2) is 103 Å². The van der Waals surface area contributed by atoms with Crippen LogP contribution in [0.4, 0.5) is 0 Å². The van der Waals surface area contributed by atoms with E-state index in [9.17, 15) is 24.9 Å². The van der Waals surface area contributed by atoms with Crippen LogP contribution in [0.3, 0.4) is 0 Å². The molecule has 0 aromatic heterocycles. The van der Waals surface area contributed by atoms with E-state index in [1.54, 1.807) is 6.07 Å². The van der Waals surface area contributed by atoms with Crippen molar-refractivity contribution in [2.45, 2.75) is 60.8 Å². The molecule has 1 aromatic rings. The first-order chi connectivity index (χ1) is 18.7. The number of likely N-dealkylation sites (tertiary alicyclic amines) is 1. The van der Waals surface area contributed by atoms with Crippen molar-refractivity contribution in [3.05, 3.63) is 34.6 Å². The van der Waals surface area contributed by atoms with E-state index in [0.29, 0.717) is 25.3 Å². The summed E-state index contributed by atoms with van der Waals surface area (Å²) < 4.78 is 21.6. The first kappa shape index (κ1) is 26.4. The van der Waals surface area contributed by atoms with Crippen molar-refractivity contribution >= 4 is 11.9 Å². The topological polar surface area (TPSA) is 147 Å². The molecule has 3 aliphatic carbocycles. The Hall–Kier alpha value is -2.86. The molecule has 1 saturated heterocycles. The van der Waals surface area contributed by atoms with Gasteiger partial charge in [0.25, 0.3) is 5.91 Å². The molecule has 2 heterocycles. The molecule has 2 aliphatic heterocycles. The lowest BCUT2D eigenvalue weighted by molar-refractivity contribution is -0.173. The van der Waals surface area contributed by atoms with Gasteiger partial charge in [0.15, 0.2) is 23.1 Å². The van der Waals surface area contributed by atoms with Crippen LogP contribution in [0.1, 0.15) is 36.8 Å². The number of methoxy groups -OCH3 is 3. The van der Waals surface area contributed by atoms with E-state index in [1.165, 1.54) is 21.3 Å². The predicted octanol–water partition coefficient (Wildman–Crippen LogP) is 0.699. The number of aromatic hydroxyl groups is 1. The van der Waals surface area contributed by atoms with E-state index >= 15 is 0 Å². The van der Waals surface area contributed by atoms with Gasteiger partial charge in [0, 0.05) is 38.8 Å². The number of hydrogen-bond acceptors (Lipinski definition) is 10. The second-order valence-corrected chi connectivity index (χ2v) is 11.7. The summed E-state index contributed by atoms with van der Waals surface area (Å²) in [5.74, 6) is -1.06. The Morgan fingerprint density at radius 1 is 1.18 bits per heavy atom. The highest BCUT2D eigenvalue weighted by molar-refractivity contribution is 5.99. The molecular formula is C28H36N2O9. The summed E-state index contributed by atoms with van der Waals surface area (Å²) in [7, 11) is 3.97. The third-order valence-corrected chi connectivity index (χ3v) is 9.50. The minimum atomic E-state index is -1.67. The minimum Gasteiger partial charge on any atom is -0.508 e. The van der Waals surface area contributed by atoms with Gasteiger partial charge >= 0.3 is 5.97 Å². The number of carbonyl (C=O) groups excluding carboxylic acids is 2. The predicted molar refractivity (Wildman–Crippen MR) is 136 cm³/mol. The number of hydrogen-bond donors (Lipinski definition) is 4. The summed E-state index contributed by atoms with van der Waals surface area (Å²) in [6, 6.07) is 3.14. The Labute approximate surface area is 226 Å². The number of rotatable bonds is 9. The SMILES string of the molecule is COCC(COC)(NC(=O)C1=C(O)[C@@H]2Oc3c(O)ccc4c3[C@@]23CCN(CC2CC2)[C@H](C4)[C@]3(O)C1)C(=O)OC. The number of nitrogens with zero attached hydrogens (tertiary/aromatic N) is 1. The van der Waals surface area contributed by atoms with Gasteiger partial charge in [-0.3, -0.25) is 9.69 Å². The van der Waals surface area contributed by atoms with Crippen LogP contribution >= 0.6 is 0 Å². The van der Waals surface area contributed by atoms with Crippen LogP contribution in [0.2, 0.25) is 0 Å². The Bertz CT molecular complexity index is 1240. The molecule has 4 N–H and O–H groups in total. The number of esters is 1. The highest BCUT2D eigenvalue weighted by Crippen LogP contribution is 2.66. The number of ether oxygens (including phenoxy) is 4. The van der Waals surface area contributed by atoms with Gasteiger partial charge in [0.2, 0.25) is 0 Å². The third-order valence-electron chi connectivity index (χ3n) is 9.50. The number of aliphatic hydroxyl groups is 2. The summed E-state index contributed by atoms with van der Waals surface area (Å²) in [6.45, 7) is 1.10. The molecule has 0 unspecified atom stereocenters. The van der Waals surface area contributed by atoms with E-state index in [2.05, 4.69) is 10.2 Å². The molecule has 11 heteroatoms. The fraction of sp³-hybridized carbons (Fsp3) is 0.643. The lowest BCUT2D eigenvalue weighted by atomic mass is 9.49. The summed E-state index contributed by atoms with van der Waals surface area (Å²) in [5, 5.41) is 37.7. The van der Waals surface area contributed by atoms with Crippen molar-refractivity contribution < 1.29 is 43.9 Å². The highest BCUT2D eigenvalue weighted by Gasteiger charge is 2.73. The zero-order valence-electron chi connectivity index (χ0n) is 22.5. The molecule has 4 atom stereocenters. The van der Waals surface area contributed by atoms with Crippen LogP contribution in [0, 0.1) is 5.92 Å². The molecule has 212 valence electrons. The average molecular weight is 545 g/mol. The Morgan fingerprint density at radius 2 is 1.90 bits per heavy atom. The number of piperidine rings is 1.